The molecule has 1 N–H and O–H groups in total. The van der Waals surface area contributed by atoms with Crippen LogP contribution in [0.3, 0.4) is 0 Å². The zero-order valence-electron chi connectivity index (χ0n) is 11.0. The van der Waals surface area contributed by atoms with E-state index < -0.39 is 0 Å². The summed E-state index contributed by atoms with van der Waals surface area (Å²) in [5.74, 6) is -0.349. The molecule has 0 unspecified atom stereocenters. The van der Waals surface area contributed by atoms with Crippen LogP contribution in [0.5, 0.6) is 0 Å². The average molecular weight is 276 g/mol. The minimum atomic E-state index is -0.349. The summed E-state index contributed by atoms with van der Waals surface area (Å²) >= 11 is 1.30. The molecule has 0 aliphatic rings. The Bertz CT molecular complexity index is 549. The zero-order valence-corrected chi connectivity index (χ0v) is 11.8. The van der Waals surface area contributed by atoms with Crippen LogP contribution in [0.15, 0.2) is 30.5 Å². The number of nitrogens with one attached hydrogen (secondary N) is 1. The summed E-state index contributed by atoms with van der Waals surface area (Å²) in [4.78, 5) is 15.9. The first-order valence-electron chi connectivity index (χ1n) is 6.08. The number of ether oxygens (including phenoxy) is 1. The second-order valence-electron chi connectivity index (χ2n) is 4.04. The number of benzene rings is 1. The number of rotatable bonds is 5. The number of nitrogens with zero attached hydrogens (tertiary/aromatic N) is 1. The first-order valence-corrected chi connectivity index (χ1v) is 6.90. The fraction of sp³-hybridized carbons (Fsp3) is 0.286. The Labute approximate surface area is 116 Å². The van der Waals surface area contributed by atoms with Gasteiger partial charge >= 0.3 is 5.97 Å². The fourth-order valence-electron chi connectivity index (χ4n) is 1.62. The van der Waals surface area contributed by atoms with Crippen molar-refractivity contribution in [2.45, 2.75) is 19.9 Å². The Kier molecular flexibility index (Phi) is 4.52. The molecule has 1 aromatic heterocycles. The largest absolute Gasteiger partial charge is 0.465 e. The van der Waals surface area contributed by atoms with Gasteiger partial charge in [0.1, 0.15) is 4.88 Å². The topological polar surface area (TPSA) is 51.2 Å². The molecule has 4 nitrogen and oxygen atoms in total. The van der Waals surface area contributed by atoms with Crippen molar-refractivity contribution >= 4 is 22.4 Å². The highest BCUT2D eigenvalue weighted by Crippen LogP contribution is 2.19. The van der Waals surface area contributed by atoms with Crippen molar-refractivity contribution in [1.82, 2.24) is 4.98 Å². The third kappa shape index (κ3) is 3.54. The summed E-state index contributed by atoms with van der Waals surface area (Å²) in [5, 5.41) is 3.92. The maximum Gasteiger partial charge on any atom is 0.349 e. The molecule has 0 aliphatic carbocycles. The minimum Gasteiger partial charge on any atom is -0.465 e. The fourth-order valence-corrected chi connectivity index (χ4v) is 2.35. The number of carbonyl (C=O) groups excluding carboxylic acids is 1. The average Bonchev–Trinajstić information content (AvgIpc) is 2.93. The first kappa shape index (κ1) is 13.5. The standard InChI is InChI=1S/C14H16N2O2S/c1-3-10-4-6-11(7-5-10)8-15-14-16-9-12(19-14)13(17)18-2/h4-7,9H,3,8H2,1-2H3,(H,15,16). The Balaban J connectivity index is 1.94. The van der Waals surface area contributed by atoms with Crippen molar-refractivity contribution in [3.05, 3.63) is 46.5 Å². The number of aromatic nitrogens is 1. The van der Waals surface area contributed by atoms with Crippen LogP contribution < -0.4 is 5.32 Å². The van der Waals surface area contributed by atoms with Crippen LogP contribution in [-0.4, -0.2) is 18.1 Å². The molecule has 0 saturated carbocycles. The Morgan fingerprint density at radius 2 is 2.00 bits per heavy atom. The molecule has 2 rings (SSSR count). The lowest BCUT2D eigenvalue weighted by molar-refractivity contribution is 0.0606. The molecule has 0 fully saturated rings. The van der Waals surface area contributed by atoms with Gasteiger partial charge in [0.25, 0.3) is 0 Å². The van der Waals surface area contributed by atoms with Gasteiger partial charge in [-0.05, 0) is 17.5 Å². The monoisotopic (exact) mass is 276 g/mol. The van der Waals surface area contributed by atoms with E-state index in [1.54, 1.807) is 0 Å². The Morgan fingerprint density at radius 3 is 2.63 bits per heavy atom. The van der Waals surface area contributed by atoms with Crippen molar-refractivity contribution in [1.29, 1.82) is 0 Å². The SMILES string of the molecule is CCc1ccc(CNc2ncc(C(=O)OC)s2)cc1. The van der Waals surface area contributed by atoms with Gasteiger partial charge in [0, 0.05) is 6.54 Å². The van der Waals surface area contributed by atoms with Crippen LogP contribution in [0.25, 0.3) is 0 Å². The smallest absolute Gasteiger partial charge is 0.349 e. The molecule has 5 heteroatoms. The number of aryl methyl sites for hydroxylation is 1. The lowest BCUT2D eigenvalue weighted by Crippen LogP contribution is -1.98. The van der Waals surface area contributed by atoms with Crippen LogP contribution >= 0.6 is 11.3 Å². The van der Waals surface area contributed by atoms with Crippen LogP contribution in [0.4, 0.5) is 5.13 Å². The van der Waals surface area contributed by atoms with Crippen molar-refractivity contribution in [2.75, 3.05) is 12.4 Å². The molecule has 0 radical (unpaired) electrons. The predicted octanol–water partition coefficient (Wildman–Crippen LogP) is 3.10. The van der Waals surface area contributed by atoms with Gasteiger partial charge in [0.2, 0.25) is 0 Å². The van der Waals surface area contributed by atoms with E-state index in [2.05, 4.69) is 46.2 Å². The van der Waals surface area contributed by atoms with Gasteiger partial charge in [0.05, 0.1) is 13.3 Å². The summed E-state index contributed by atoms with van der Waals surface area (Å²) in [6.07, 6.45) is 2.57. The molecule has 100 valence electrons. The highest BCUT2D eigenvalue weighted by atomic mass is 32.1. The molecular weight excluding hydrogens is 260 g/mol. The molecule has 0 aliphatic heterocycles. The normalized spacial score (nSPS) is 10.2. The second kappa shape index (κ2) is 6.33. The maximum absolute atomic E-state index is 11.3. The highest BCUT2D eigenvalue weighted by Gasteiger charge is 2.09. The number of carbonyl (C=O) groups is 1. The molecule has 19 heavy (non-hydrogen) atoms. The zero-order chi connectivity index (χ0) is 13.7. The van der Waals surface area contributed by atoms with Gasteiger partial charge in [-0.1, -0.05) is 42.5 Å². The van der Waals surface area contributed by atoms with E-state index in [9.17, 15) is 4.79 Å². The summed E-state index contributed by atoms with van der Waals surface area (Å²) in [7, 11) is 1.37. The molecule has 0 amide bonds. The van der Waals surface area contributed by atoms with Crippen LogP contribution in [0.1, 0.15) is 27.7 Å². The number of methoxy groups -OCH3 is 1. The predicted molar refractivity (Wildman–Crippen MR) is 76.6 cm³/mol. The number of hydrogen-bond acceptors (Lipinski definition) is 5. The molecular formula is C14H16N2O2S. The summed E-state index contributed by atoms with van der Waals surface area (Å²) in [5.41, 5.74) is 2.51. The summed E-state index contributed by atoms with van der Waals surface area (Å²) < 4.78 is 4.64. The molecule has 0 spiro atoms. The van der Waals surface area contributed by atoms with E-state index in [1.165, 1.54) is 35.8 Å². The van der Waals surface area contributed by atoms with E-state index >= 15 is 0 Å². The van der Waals surface area contributed by atoms with E-state index in [0.29, 0.717) is 11.4 Å². The number of esters is 1. The van der Waals surface area contributed by atoms with Crippen molar-refractivity contribution in [3.8, 4) is 0 Å². The van der Waals surface area contributed by atoms with Gasteiger partial charge < -0.3 is 10.1 Å². The molecule has 0 bridgehead atoms. The minimum absolute atomic E-state index is 0.349. The van der Waals surface area contributed by atoms with Gasteiger partial charge in [0.15, 0.2) is 5.13 Å². The van der Waals surface area contributed by atoms with Crippen LogP contribution in [0, 0.1) is 0 Å². The molecule has 0 atom stereocenters. The third-order valence-corrected chi connectivity index (χ3v) is 3.70. The summed E-state index contributed by atoms with van der Waals surface area (Å²) in [6.45, 7) is 2.83. The van der Waals surface area contributed by atoms with Crippen LogP contribution in [0.2, 0.25) is 0 Å². The number of anilines is 1. The molecule has 1 heterocycles. The molecule has 2 aromatic rings. The Morgan fingerprint density at radius 1 is 1.32 bits per heavy atom. The lowest BCUT2D eigenvalue weighted by atomic mass is 10.1. The van der Waals surface area contributed by atoms with E-state index in [4.69, 9.17) is 0 Å². The Hall–Kier alpha value is -1.88. The number of thiazole rings is 1. The van der Waals surface area contributed by atoms with Crippen molar-refractivity contribution in [3.63, 3.8) is 0 Å². The van der Waals surface area contributed by atoms with Crippen molar-refractivity contribution < 1.29 is 9.53 Å². The van der Waals surface area contributed by atoms with Gasteiger partial charge in [-0.15, -0.1) is 0 Å². The van der Waals surface area contributed by atoms with Gasteiger partial charge in [-0.2, -0.15) is 0 Å². The maximum atomic E-state index is 11.3. The summed E-state index contributed by atoms with van der Waals surface area (Å²) in [6, 6.07) is 8.44. The molecule has 1 aromatic carbocycles. The number of hydrogen-bond donors (Lipinski definition) is 1. The second-order valence-corrected chi connectivity index (χ2v) is 5.08. The van der Waals surface area contributed by atoms with Gasteiger partial charge in [-0.3, -0.25) is 0 Å². The quantitative estimate of drug-likeness (QED) is 0.853. The van der Waals surface area contributed by atoms with E-state index in [0.717, 1.165) is 11.6 Å². The van der Waals surface area contributed by atoms with Crippen molar-refractivity contribution in [2.24, 2.45) is 0 Å². The molecule has 0 saturated heterocycles. The first-order chi connectivity index (χ1) is 9.22. The lowest BCUT2D eigenvalue weighted by Gasteiger charge is -2.03. The third-order valence-electron chi connectivity index (χ3n) is 2.77. The highest BCUT2D eigenvalue weighted by molar-refractivity contribution is 7.17. The van der Waals surface area contributed by atoms with Gasteiger partial charge in [-0.25, -0.2) is 9.78 Å². The van der Waals surface area contributed by atoms with Crippen LogP contribution in [-0.2, 0) is 17.7 Å². The van der Waals surface area contributed by atoms with E-state index in [-0.39, 0.29) is 5.97 Å². The van der Waals surface area contributed by atoms with E-state index in [1.807, 2.05) is 0 Å².